The van der Waals surface area contributed by atoms with Gasteiger partial charge in [-0.05, 0) is 68.5 Å². The molecule has 1 aromatic carbocycles. The lowest BCUT2D eigenvalue weighted by molar-refractivity contribution is -0.263. The minimum Gasteiger partial charge on any atom is -0.493 e. The van der Waals surface area contributed by atoms with Crippen molar-refractivity contribution >= 4 is 0 Å². The molecular weight excluding hydrogens is 438 g/mol. The van der Waals surface area contributed by atoms with Gasteiger partial charge in [-0.2, -0.15) is 0 Å². The number of methoxy groups -OCH3 is 2. The molecule has 0 amide bonds. The Hall–Kier alpha value is -1.56. The fourth-order valence-corrected chi connectivity index (χ4v) is 9.09. The first-order valence-corrected chi connectivity index (χ1v) is 13.6. The van der Waals surface area contributed by atoms with E-state index in [1.54, 1.807) is 7.11 Å². The number of hydrogen-bond donors (Lipinski definition) is 1. The van der Waals surface area contributed by atoms with Gasteiger partial charge in [-0.25, -0.2) is 0 Å². The molecule has 2 saturated carbocycles. The molecule has 5 heteroatoms. The van der Waals surface area contributed by atoms with Crippen LogP contribution < -0.4 is 9.47 Å². The Labute approximate surface area is 209 Å². The molecule has 3 fully saturated rings. The van der Waals surface area contributed by atoms with Gasteiger partial charge in [0, 0.05) is 36.6 Å². The highest BCUT2D eigenvalue weighted by Gasteiger charge is 2.81. The Morgan fingerprint density at radius 2 is 1.91 bits per heavy atom. The topological polar surface area (TPSA) is 51.2 Å². The minimum atomic E-state index is -0.930. The van der Waals surface area contributed by atoms with E-state index in [2.05, 4.69) is 50.0 Å². The molecule has 1 aromatic rings. The number of aliphatic hydroxyl groups is 1. The number of nitrogens with zero attached hydrogens (tertiary/aromatic N) is 1. The molecule has 1 saturated heterocycles. The average Bonchev–Trinajstić information content (AvgIpc) is 3.56. The zero-order valence-electron chi connectivity index (χ0n) is 22.2. The normalized spacial score (nSPS) is 42.4. The quantitative estimate of drug-likeness (QED) is 0.631. The van der Waals surface area contributed by atoms with Gasteiger partial charge in [0.05, 0.1) is 18.1 Å². The van der Waals surface area contributed by atoms with Crippen LogP contribution in [0.25, 0.3) is 0 Å². The highest BCUT2D eigenvalue weighted by Crippen LogP contribution is 2.76. The Kier molecular flexibility index (Phi) is 4.30. The average molecular weight is 480 g/mol. The summed E-state index contributed by atoms with van der Waals surface area (Å²) in [4.78, 5) is 2.81. The van der Waals surface area contributed by atoms with Gasteiger partial charge in [0.1, 0.15) is 11.7 Å². The Morgan fingerprint density at radius 3 is 2.57 bits per heavy atom. The van der Waals surface area contributed by atoms with E-state index in [0.717, 1.165) is 43.2 Å². The Balaban J connectivity index is 1.49. The fraction of sp³-hybridized carbons (Fsp3) is 0.733. The second-order valence-electron chi connectivity index (χ2n) is 13.6. The maximum absolute atomic E-state index is 12.2. The van der Waals surface area contributed by atoms with Crippen LogP contribution in [0, 0.1) is 22.7 Å². The van der Waals surface area contributed by atoms with Crippen LogP contribution in [0.4, 0.5) is 0 Å². The molecule has 35 heavy (non-hydrogen) atoms. The van der Waals surface area contributed by atoms with Crippen molar-refractivity contribution in [2.75, 3.05) is 27.3 Å². The molecule has 7 atom stereocenters. The van der Waals surface area contributed by atoms with Crippen molar-refractivity contribution < 1.29 is 19.3 Å². The molecule has 4 bridgehead atoms. The van der Waals surface area contributed by atoms with E-state index in [-0.39, 0.29) is 28.3 Å². The molecule has 0 aromatic heterocycles. The summed E-state index contributed by atoms with van der Waals surface area (Å²) >= 11 is 0. The van der Waals surface area contributed by atoms with Gasteiger partial charge in [0.15, 0.2) is 11.5 Å². The van der Waals surface area contributed by atoms with Crippen molar-refractivity contribution in [3.05, 3.63) is 35.4 Å². The summed E-state index contributed by atoms with van der Waals surface area (Å²) < 4.78 is 19.5. The van der Waals surface area contributed by atoms with Crippen LogP contribution in [-0.4, -0.2) is 60.7 Å². The summed E-state index contributed by atoms with van der Waals surface area (Å²) in [5.74, 6) is 2.53. The third kappa shape index (κ3) is 2.42. The summed E-state index contributed by atoms with van der Waals surface area (Å²) in [7, 11) is 3.56. The van der Waals surface area contributed by atoms with Crippen molar-refractivity contribution in [3.63, 3.8) is 0 Å². The summed E-state index contributed by atoms with van der Waals surface area (Å²) in [6.45, 7) is 10.8. The number of ether oxygens (including phenoxy) is 3. The molecule has 0 radical (unpaired) electrons. The van der Waals surface area contributed by atoms with Crippen LogP contribution in [0.2, 0.25) is 0 Å². The molecule has 8 rings (SSSR count). The van der Waals surface area contributed by atoms with Crippen LogP contribution >= 0.6 is 0 Å². The van der Waals surface area contributed by atoms with Gasteiger partial charge in [-0.3, -0.25) is 4.90 Å². The Morgan fingerprint density at radius 1 is 1.14 bits per heavy atom. The maximum Gasteiger partial charge on any atom is 0.166 e. The van der Waals surface area contributed by atoms with Crippen molar-refractivity contribution in [1.29, 1.82) is 0 Å². The summed E-state index contributed by atoms with van der Waals surface area (Å²) in [5.41, 5.74) is 0.639. The zero-order chi connectivity index (χ0) is 24.6. The number of piperidine rings is 1. The van der Waals surface area contributed by atoms with Crippen molar-refractivity contribution in [2.24, 2.45) is 22.7 Å². The van der Waals surface area contributed by atoms with E-state index >= 15 is 0 Å². The molecule has 1 unspecified atom stereocenters. The highest BCUT2D eigenvalue weighted by molar-refractivity contribution is 5.65. The molecule has 5 aliphatic carbocycles. The molecule has 2 spiro atoms. The predicted octanol–water partition coefficient (Wildman–Crippen LogP) is 4.49. The smallest absolute Gasteiger partial charge is 0.166 e. The van der Waals surface area contributed by atoms with Gasteiger partial charge < -0.3 is 19.3 Å². The molecular formula is C30H41NO4. The van der Waals surface area contributed by atoms with Gasteiger partial charge >= 0.3 is 0 Å². The maximum atomic E-state index is 12.2. The number of fused-ring (bicyclic) bond motifs is 1. The summed E-state index contributed by atoms with van der Waals surface area (Å²) in [6.07, 6.45) is 10.4. The lowest BCUT2D eigenvalue weighted by atomic mass is 9.35. The number of hydrogen-bond acceptors (Lipinski definition) is 5. The SMILES string of the molecule is COc1ccc2c3c1O[C@H]1C4(OC)C=C[C@]5(C[C@@H]4[C@](C)(O)C(C)(C)C)[C@@H](C2)N(CC2CC2)CC[C@]315. The predicted molar refractivity (Wildman–Crippen MR) is 135 cm³/mol. The van der Waals surface area contributed by atoms with Crippen LogP contribution in [0.15, 0.2) is 24.3 Å². The van der Waals surface area contributed by atoms with E-state index in [1.807, 2.05) is 14.0 Å². The van der Waals surface area contributed by atoms with Gasteiger partial charge in [-0.1, -0.05) is 39.0 Å². The summed E-state index contributed by atoms with van der Waals surface area (Å²) in [5, 5.41) is 12.2. The molecule has 1 N–H and O–H groups in total. The van der Waals surface area contributed by atoms with Crippen molar-refractivity contribution in [2.45, 2.75) is 88.6 Å². The van der Waals surface area contributed by atoms with Gasteiger partial charge in [-0.15, -0.1) is 0 Å². The van der Waals surface area contributed by atoms with Crippen LogP contribution in [0.1, 0.15) is 64.5 Å². The third-order valence-electron chi connectivity index (χ3n) is 11.5. The molecule has 2 heterocycles. The first-order valence-electron chi connectivity index (χ1n) is 13.6. The van der Waals surface area contributed by atoms with E-state index in [4.69, 9.17) is 14.2 Å². The monoisotopic (exact) mass is 479 g/mol. The summed E-state index contributed by atoms with van der Waals surface area (Å²) in [6, 6.07) is 4.80. The van der Waals surface area contributed by atoms with Crippen LogP contribution in [0.5, 0.6) is 11.5 Å². The third-order valence-corrected chi connectivity index (χ3v) is 11.5. The van der Waals surface area contributed by atoms with Crippen LogP contribution in [0.3, 0.4) is 0 Å². The first kappa shape index (κ1) is 22.6. The second kappa shape index (κ2) is 6.65. The lowest BCUT2D eigenvalue weighted by Gasteiger charge is -2.73. The van der Waals surface area contributed by atoms with Crippen molar-refractivity contribution in [3.8, 4) is 11.5 Å². The zero-order valence-corrected chi connectivity index (χ0v) is 22.2. The van der Waals surface area contributed by atoms with E-state index < -0.39 is 11.2 Å². The van der Waals surface area contributed by atoms with Crippen LogP contribution in [-0.2, 0) is 16.6 Å². The van der Waals surface area contributed by atoms with Crippen molar-refractivity contribution in [1.82, 2.24) is 4.90 Å². The van der Waals surface area contributed by atoms with E-state index in [0.29, 0.717) is 6.04 Å². The van der Waals surface area contributed by atoms with E-state index in [1.165, 1.54) is 30.5 Å². The second-order valence-corrected chi connectivity index (χ2v) is 13.6. The standard InChI is InChI=1S/C30H41NO4/c1-26(2,3)27(4,32)21-16-28-11-12-30(21,34-6)25-29(28)13-14-31(17-18-7-8-18)22(28)15-19-9-10-20(33-5)24(35-25)23(19)29/h9-12,18,21-22,25,32H,7-8,13-17H2,1-6H3/t21-,22-,25-,27+,28+,29+,30?/m1/s1. The lowest BCUT2D eigenvalue weighted by Crippen LogP contribution is -2.81. The molecule has 7 aliphatic rings. The molecule has 5 nitrogen and oxygen atoms in total. The number of rotatable bonds is 5. The first-order chi connectivity index (χ1) is 16.6. The van der Waals surface area contributed by atoms with E-state index in [9.17, 15) is 5.11 Å². The van der Waals surface area contributed by atoms with Gasteiger partial charge in [0.25, 0.3) is 0 Å². The minimum absolute atomic E-state index is 0.0756. The number of likely N-dealkylation sites (tertiary alicyclic amines) is 1. The fourth-order valence-electron chi connectivity index (χ4n) is 9.09. The Bertz CT molecular complexity index is 1120. The molecule has 2 aliphatic heterocycles. The van der Waals surface area contributed by atoms with Gasteiger partial charge in [0.2, 0.25) is 0 Å². The molecule has 190 valence electrons. The highest BCUT2D eigenvalue weighted by atomic mass is 16.6. The number of benzene rings is 1. The largest absolute Gasteiger partial charge is 0.493 e.